The Morgan fingerprint density at radius 3 is 3.20 bits per heavy atom. The fraction of sp³-hybridized carbons (Fsp3) is 0.667. The normalized spacial score (nSPS) is 24.7. The first-order valence-corrected chi connectivity index (χ1v) is 6.61. The minimum absolute atomic E-state index is 0.480. The average Bonchev–Trinajstić information content (AvgIpc) is 2.65. The minimum Gasteiger partial charge on any atom is -0.381 e. The van der Waals surface area contributed by atoms with E-state index in [4.69, 9.17) is 4.74 Å². The van der Waals surface area contributed by atoms with Gasteiger partial charge in [-0.2, -0.15) is 0 Å². The van der Waals surface area contributed by atoms with E-state index < -0.39 is 0 Å². The van der Waals surface area contributed by atoms with Gasteiger partial charge in [0.2, 0.25) is 0 Å². The average molecular weight is 225 g/mol. The standard InChI is InChI=1S/C12H19NOS/c1-10(12-5-3-9-15-12)13-11-4-2-7-14-8-6-11/h3,5,9-11,13H,2,4,6-8H2,1H3/t10-,11?/m1/s1. The zero-order valence-electron chi connectivity index (χ0n) is 9.24. The van der Waals surface area contributed by atoms with Crippen molar-refractivity contribution in [2.24, 2.45) is 0 Å². The maximum atomic E-state index is 5.46. The van der Waals surface area contributed by atoms with Crippen LogP contribution in [0.1, 0.15) is 37.1 Å². The van der Waals surface area contributed by atoms with E-state index in [2.05, 4.69) is 29.8 Å². The third-order valence-corrected chi connectivity index (χ3v) is 3.96. The Kier molecular flexibility index (Phi) is 4.18. The summed E-state index contributed by atoms with van der Waals surface area (Å²) >= 11 is 1.83. The van der Waals surface area contributed by atoms with Gasteiger partial charge in [-0.1, -0.05) is 6.07 Å². The number of nitrogens with one attached hydrogen (secondary N) is 1. The molecular weight excluding hydrogens is 206 g/mol. The highest BCUT2D eigenvalue weighted by molar-refractivity contribution is 7.10. The predicted molar refractivity (Wildman–Crippen MR) is 64.3 cm³/mol. The molecule has 0 spiro atoms. The molecule has 0 aliphatic carbocycles. The van der Waals surface area contributed by atoms with Crippen LogP contribution in [0.15, 0.2) is 17.5 Å². The Balaban J connectivity index is 1.84. The Bertz CT molecular complexity index is 265. The second-order valence-corrected chi connectivity index (χ2v) is 5.12. The molecule has 1 aromatic heterocycles. The van der Waals surface area contributed by atoms with Crippen molar-refractivity contribution >= 4 is 11.3 Å². The van der Waals surface area contributed by atoms with E-state index in [0.29, 0.717) is 12.1 Å². The third kappa shape index (κ3) is 3.30. The molecule has 2 nitrogen and oxygen atoms in total. The Hall–Kier alpha value is -0.380. The zero-order valence-corrected chi connectivity index (χ0v) is 10.1. The summed E-state index contributed by atoms with van der Waals surface area (Å²) in [5, 5.41) is 5.83. The van der Waals surface area contributed by atoms with Gasteiger partial charge in [-0.15, -0.1) is 11.3 Å². The molecule has 2 heterocycles. The smallest absolute Gasteiger partial charge is 0.0480 e. The van der Waals surface area contributed by atoms with E-state index >= 15 is 0 Å². The van der Waals surface area contributed by atoms with Gasteiger partial charge in [0.1, 0.15) is 0 Å². The topological polar surface area (TPSA) is 21.3 Å². The molecule has 84 valence electrons. The number of ether oxygens (including phenoxy) is 1. The fourth-order valence-electron chi connectivity index (χ4n) is 2.04. The van der Waals surface area contributed by atoms with Crippen LogP contribution < -0.4 is 5.32 Å². The quantitative estimate of drug-likeness (QED) is 0.854. The lowest BCUT2D eigenvalue weighted by atomic mass is 10.1. The number of thiophene rings is 1. The van der Waals surface area contributed by atoms with E-state index in [9.17, 15) is 0 Å². The van der Waals surface area contributed by atoms with Crippen molar-refractivity contribution in [1.82, 2.24) is 5.32 Å². The van der Waals surface area contributed by atoms with Gasteiger partial charge in [-0.05, 0) is 37.6 Å². The SMILES string of the molecule is C[C@@H](NC1CCCOCC1)c1cccs1. The highest BCUT2D eigenvalue weighted by atomic mass is 32.1. The maximum Gasteiger partial charge on any atom is 0.0480 e. The van der Waals surface area contributed by atoms with Gasteiger partial charge in [-0.25, -0.2) is 0 Å². The minimum atomic E-state index is 0.480. The lowest BCUT2D eigenvalue weighted by Gasteiger charge is -2.20. The van der Waals surface area contributed by atoms with E-state index in [1.54, 1.807) is 0 Å². The van der Waals surface area contributed by atoms with E-state index in [1.165, 1.54) is 17.7 Å². The molecule has 1 saturated heterocycles. The number of hydrogen-bond donors (Lipinski definition) is 1. The van der Waals surface area contributed by atoms with Crippen molar-refractivity contribution < 1.29 is 4.74 Å². The molecular formula is C12H19NOS. The van der Waals surface area contributed by atoms with Gasteiger partial charge in [0.05, 0.1) is 0 Å². The first-order valence-electron chi connectivity index (χ1n) is 5.73. The molecule has 0 saturated carbocycles. The van der Waals surface area contributed by atoms with Crippen LogP contribution in [0.3, 0.4) is 0 Å². The third-order valence-electron chi connectivity index (χ3n) is 2.91. The summed E-state index contributed by atoms with van der Waals surface area (Å²) in [7, 11) is 0. The summed E-state index contributed by atoms with van der Waals surface area (Å²) < 4.78 is 5.46. The van der Waals surface area contributed by atoms with Crippen LogP contribution in [0.2, 0.25) is 0 Å². The van der Waals surface area contributed by atoms with Crippen molar-refractivity contribution in [3.8, 4) is 0 Å². The van der Waals surface area contributed by atoms with Gasteiger partial charge >= 0.3 is 0 Å². The Labute approximate surface area is 95.6 Å². The molecule has 0 amide bonds. The molecule has 1 unspecified atom stereocenters. The largest absolute Gasteiger partial charge is 0.381 e. The first-order chi connectivity index (χ1) is 7.36. The zero-order chi connectivity index (χ0) is 10.5. The van der Waals surface area contributed by atoms with Crippen LogP contribution in [-0.4, -0.2) is 19.3 Å². The summed E-state index contributed by atoms with van der Waals surface area (Å²) in [5.74, 6) is 0. The molecule has 1 aliphatic heterocycles. The molecule has 3 heteroatoms. The second-order valence-electron chi connectivity index (χ2n) is 4.14. The Morgan fingerprint density at radius 2 is 2.40 bits per heavy atom. The maximum absolute atomic E-state index is 5.46. The van der Waals surface area contributed by atoms with Crippen LogP contribution >= 0.6 is 11.3 Å². The highest BCUT2D eigenvalue weighted by Gasteiger charge is 2.15. The van der Waals surface area contributed by atoms with Crippen LogP contribution in [0.25, 0.3) is 0 Å². The molecule has 1 aliphatic rings. The van der Waals surface area contributed by atoms with Gasteiger partial charge in [0, 0.05) is 30.2 Å². The van der Waals surface area contributed by atoms with Gasteiger partial charge < -0.3 is 10.1 Å². The van der Waals surface area contributed by atoms with Crippen molar-refractivity contribution in [2.45, 2.75) is 38.3 Å². The second kappa shape index (κ2) is 5.64. The summed E-state index contributed by atoms with van der Waals surface area (Å²) in [6, 6.07) is 5.43. The Morgan fingerprint density at radius 1 is 1.47 bits per heavy atom. The fourth-order valence-corrected chi connectivity index (χ4v) is 2.79. The number of hydrogen-bond acceptors (Lipinski definition) is 3. The number of rotatable bonds is 3. The summed E-state index contributed by atoms with van der Waals surface area (Å²) in [6.45, 7) is 4.10. The molecule has 0 aromatic carbocycles. The predicted octanol–water partition coefficient (Wildman–Crippen LogP) is 2.97. The van der Waals surface area contributed by atoms with E-state index in [0.717, 1.165) is 19.6 Å². The molecule has 1 fully saturated rings. The molecule has 0 bridgehead atoms. The first kappa shape index (κ1) is 11.1. The molecule has 1 N–H and O–H groups in total. The monoisotopic (exact) mass is 225 g/mol. The van der Waals surface area contributed by atoms with Gasteiger partial charge in [0.25, 0.3) is 0 Å². The van der Waals surface area contributed by atoms with E-state index in [-0.39, 0.29) is 0 Å². The van der Waals surface area contributed by atoms with Crippen molar-refractivity contribution in [3.63, 3.8) is 0 Å². The summed E-state index contributed by atoms with van der Waals surface area (Å²) in [5.41, 5.74) is 0. The van der Waals surface area contributed by atoms with Crippen LogP contribution in [0.5, 0.6) is 0 Å². The van der Waals surface area contributed by atoms with Gasteiger partial charge in [-0.3, -0.25) is 0 Å². The lowest BCUT2D eigenvalue weighted by molar-refractivity contribution is 0.142. The molecule has 0 radical (unpaired) electrons. The van der Waals surface area contributed by atoms with Crippen LogP contribution in [-0.2, 0) is 4.74 Å². The van der Waals surface area contributed by atoms with Crippen LogP contribution in [0, 0.1) is 0 Å². The molecule has 15 heavy (non-hydrogen) atoms. The molecule has 2 atom stereocenters. The van der Waals surface area contributed by atoms with E-state index in [1.807, 2.05) is 11.3 Å². The summed E-state index contributed by atoms with van der Waals surface area (Å²) in [6.07, 6.45) is 3.58. The van der Waals surface area contributed by atoms with Crippen molar-refractivity contribution in [1.29, 1.82) is 0 Å². The van der Waals surface area contributed by atoms with Crippen molar-refractivity contribution in [3.05, 3.63) is 22.4 Å². The lowest BCUT2D eigenvalue weighted by Crippen LogP contribution is -2.31. The van der Waals surface area contributed by atoms with Crippen LogP contribution in [0.4, 0.5) is 0 Å². The molecule has 2 rings (SSSR count). The highest BCUT2D eigenvalue weighted by Crippen LogP contribution is 2.20. The summed E-state index contributed by atoms with van der Waals surface area (Å²) in [4.78, 5) is 1.43. The van der Waals surface area contributed by atoms with Gasteiger partial charge in [0.15, 0.2) is 0 Å². The molecule has 1 aromatic rings. The van der Waals surface area contributed by atoms with Crippen molar-refractivity contribution in [2.75, 3.05) is 13.2 Å².